The van der Waals surface area contributed by atoms with Gasteiger partial charge in [0.15, 0.2) is 0 Å². The third-order valence-electron chi connectivity index (χ3n) is 2.92. The number of imidazole rings is 1. The third kappa shape index (κ3) is 3.93. The molecule has 0 aliphatic heterocycles. The van der Waals surface area contributed by atoms with Gasteiger partial charge in [-0.2, -0.15) is 0 Å². The largest absolute Gasteiger partial charge is 0.351 e. The number of hydrogen-bond donors (Lipinski definition) is 2. The molecule has 0 atom stereocenters. The molecular weight excluding hydrogens is 252 g/mol. The van der Waals surface area contributed by atoms with Crippen LogP contribution in [0.3, 0.4) is 0 Å². The maximum Gasteiger partial charge on any atom is 0.251 e. The SMILES string of the molecule is CCCNCCNC(=O)c1cccc(-n2ccnc2)c1. The van der Waals surface area contributed by atoms with Crippen molar-refractivity contribution < 1.29 is 4.79 Å². The van der Waals surface area contributed by atoms with Gasteiger partial charge in [0, 0.05) is 36.7 Å². The highest BCUT2D eigenvalue weighted by atomic mass is 16.1. The Morgan fingerprint density at radius 1 is 1.30 bits per heavy atom. The van der Waals surface area contributed by atoms with Crippen LogP contribution in [0.15, 0.2) is 43.0 Å². The van der Waals surface area contributed by atoms with Crippen LogP contribution in [0.5, 0.6) is 0 Å². The normalized spacial score (nSPS) is 10.4. The highest BCUT2D eigenvalue weighted by Crippen LogP contribution is 2.10. The lowest BCUT2D eigenvalue weighted by molar-refractivity contribution is 0.0954. The first-order valence-electron chi connectivity index (χ1n) is 6.88. The number of nitrogens with zero attached hydrogens (tertiary/aromatic N) is 2. The molecule has 0 saturated heterocycles. The molecule has 5 heteroatoms. The molecule has 2 N–H and O–H groups in total. The van der Waals surface area contributed by atoms with E-state index in [-0.39, 0.29) is 5.91 Å². The van der Waals surface area contributed by atoms with Crippen LogP contribution in [0.25, 0.3) is 5.69 Å². The van der Waals surface area contributed by atoms with Crippen LogP contribution in [-0.2, 0) is 0 Å². The Kier molecular flexibility index (Phi) is 5.32. The van der Waals surface area contributed by atoms with Gasteiger partial charge in [-0.05, 0) is 31.2 Å². The van der Waals surface area contributed by atoms with Gasteiger partial charge >= 0.3 is 0 Å². The fraction of sp³-hybridized carbons (Fsp3) is 0.333. The highest BCUT2D eigenvalue weighted by molar-refractivity contribution is 5.94. The van der Waals surface area contributed by atoms with Crippen molar-refractivity contribution in [2.24, 2.45) is 0 Å². The predicted octanol–water partition coefficient (Wildman–Crippen LogP) is 1.60. The van der Waals surface area contributed by atoms with E-state index in [1.807, 2.05) is 35.0 Å². The first-order valence-corrected chi connectivity index (χ1v) is 6.88. The zero-order chi connectivity index (χ0) is 14.2. The van der Waals surface area contributed by atoms with Crippen molar-refractivity contribution in [2.75, 3.05) is 19.6 Å². The van der Waals surface area contributed by atoms with Crippen molar-refractivity contribution in [3.63, 3.8) is 0 Å². The first-order chi connectivity index (χ1) is 9.81. The minimum Gasteiger partial charge on any atom is -0.351 e. The molecule has 0 fully saturated rings. The Labute approximate surface area is 119 Å². The van der Waals surface area contributed by atoms with E-state index in [0.717, 1.165) is 25.2 Å². The van der Waals surface area contributed by atoms with Crippen LogP contribution in [-0.4, -0.2) is 35.1 Å². The zero-order valence-corrected chi connectivity index (χ0v) is 11.7. The van der Waals surface area contributed by atoms with E-state index < -0.39 is 0 Å². The van der Waals surface area contributed by atoms with Gasteiger partial charge in [-0.15, -0.1) is 0 Å². The molecule has 0 aliphatic carbocycles. The zero-order valence-electron chi connectivity index (χ0n) is 11.7. The summed E-state index contributed by atoms with van der Waals surface area (Å²) in [7, 11) is 0. The lowest BCUT2D eigenvalue weighted by atomic mass is 10.2. The summed E-state index contributed by atoms with van der Waals surface area (Å²) in [6.07, 6.45) is 6.38. The van der Waals surface area contributed by atoms with Crippen LogP contribution in [0.2, 0.25) is 0 Å². The van der Waals surface area contributed by atoms with Crippen molar-refractivity contribution in [3.8, 4) is 5.69 Å². The van der Waals surface area contributed by atoms with Gasteiger partial charge in [0.25, 0.3) is 5.91 Å². The van der Waals surface area contributed by atoms with Crippen LogP contribution >= 0.6 is 0 Å². The van der Waals surface area contributed by atoms with Crippen molar-refractivity contribution in [2.45, 2.75) is 13.3 Å². The van der Waals surface area contributed by atoms with Gasteiger partial charge < -0.3 is 15.2 Å². The monoisotopic (exact) mass is 272 g/mol. The minimum absolute atomic E-state index is 0.0507. The molecule has 0 spiro atoms. The van der Waals surface area contributed by atoms with E-state index in [4.69, 9.17) is 0 Å². The summed E-state index contributed by atoms with van der Waals surface area (Å²) in [5, 5.41) is 6.15. The van der Waals surface area contributed by atoms with Crippen molar-refractivity contribution in [1.29, 1.82) is 0 Å². The third-order valence-corrected chi connectivity index (χ3v) is 2.92. The van der Waals surface area contributed by atoms with Gasteiger partial charge in [-0.25, -0.2) is 4.98 Å². The number of benzene rings is 1. The number of hydrogen-bond acceptors (Lipinski definition) is 3. The van der Waals surface area contributed by atoms with Crippen LogP contribution in [0, 0.1) is 0 Å². The molecule has 0 unspecified atom stereocenters. The molecule has 1 aromatic carbocycles. The summed E-state index contributed by atoms with van der Waals surface area (Å²) in [6.45, 7) is 4.52. The average Bonchev–Trinajstić information content (AvgIpc) is 3.01. The lowest BCUT2D eigenvalue weighted by Crippen LogP contribution is -2.32. The summed E-state index contributed by atoms with van der Waals surface area (Å²) < 4.78 is 1.87. The number of carbonyl (C=O) groups excluding carboxylic acids is 1. The Bertz CT molecular complexity index is 537. The molecule has 1 heterocycles. The van der Waals surface area contributed by atoms with E-state index in [1.165, 1.54) is 0 Å². The van der Waals surface area contributed by atoms with Gasteiger partial charge in [0.2, 0.25) is 0 Å². The number of amides is 1. The highest BCUT2D eigenvalue weighted by Gasteiger charge is 2.06. The fourth-order valence-corrected chi connectivity index (χ4v) is 1.89. The summed E-state index contributed by atoms with van der Waals surface area (Å²) in [6, 6.07) is 7.49. The molecule has 0 radical (unpaired) electrons. The maximum absolute atomic E-state index is 12.0. The van der Waals surface area contributed by atoms with E-state index in [2.05, 4.69) is 22.5 Å². The van der Waals surface area contributed by atoms with Crippen molar-refractivity contribution in [3.05, 3.63) is 48.5 Å². The molecule has 0 saturated carbocycles. The Balaban J connectivity index is 1.92. The first kappa shape index (κ1) is 14.3. The molecule has 2 rings (SSSR count). The smallest absolute Gasteiger partial charge is 0.251 e. The number of rotatable bonds is 7. The van der Waals surface area contributed by atoms with Crippen LogP contribution in [0.4, 0.5) is 0 Å². The summed E-state index contributed by atoms with van der Waals surface area (Å²) in [4.78, 5) is 16.0. The Morgan fingerprint density at radius 3 is 2.95 bits per heavy atom. The molecule has 1 aromatic heterocycles. The number of aromatic nitrogens is 2. The summed E-state index contributed by atoms with van der Waals surface area (Å²) in [5.74, 6) is -0.0507. The van der Waals surface area contributed by atoms with E-state index in [9.17, 15) is 4.79 Å². The van der Waals surface area contributed by atoms with Crippen molar-refractivity contribution >= 4 is 5.91 Å². The fourth-order valence-electron chi connectivity index (χ4n) is 1.89. The van der Waals surface area contributed by atoms with Gasteiger partial charge in [0.1, 0.15) is 0 Å². The topological polar surface area (TPSA) is 58.9 Å². The molecular formula is C15H20N4O. The molecule has 0 aliphatic rings. The van der Waals surface area contributed by atoms with Gasteiger partial charge in [0.05, 0.1) is 6.33 Å². The molecule has 0 bridgehead atoms. The van der Waals surface area contributed by atoms with Gasteiger partial charge in [-0.1, -0.05) is 13.0 Å². The Morgan fingerprint density at radius 2 is 2.20 bits per heavy atom. The standard InChI is InChI=1S/C15H20N4O/c1-2-6-16-7-8-18-15(20)13-4-3-5-14(11-13)19-10-9-17-12-19/h3-5,9-12,16H,2,6-8H2,1H3,(H,18,20). The second kappa shape index (κ2) is 7.45. The number of carbonyl (C=O) groups is 1. The summed E-state index contributed by atoms with van der Waals surface area (Å²) in [5.41, 5.74) is 1.59. The van der Waals surface area contributed by atoms with Crippen LogP contribution < -0.4 is 10.6 Å². The van der Waals surface area contributed by atoms with Gasteiger partial charge in [-0.3, -0.25) is 4.79 Å². The molecule has 1 amide bonds. The second-order valence-corrected chi connectivity index (χ2v) is 4.53. The number of nitrogens with one attached hydrogen (secondary N) is 2. The molecule has 2 aromatic rings. The second-order valence-electron chi connectivity index (χ2n) is 4.53. The molecule has 106 valence electrons. The Hall–Kier alpha value is -2.14. The molecule has 20 heavy (non-hydrogen) atoms. The van der Waals surface area contributed by atoms with E-state index >= 15 is 0 Å². The van der Waals surface area contributed by atoms with Crippen molar-refractivity contribution in [1.82, 2.24) is 20.2 Å². The lowest BCUT2D eigenvalue weighted by Gasteiger charge is -2.08. The minimum atomic E-state index is -0.0507. The average molecular weight is 272 g/mol. The van der Waals surface area contributed by atoms with Crippen LogP contribution in [0.1, 0.15) is 23.7 Å². The van der Waals surface area contributed by atoms with E-state index in [1.54, 1.807) is 12.5 Å². The van der Waals surface area contributed by atoms with E-state index in [0.29, 0.717) is 12.1 Å². The maximum atomic E-state index is 12.0. The quantitative estimate of drug-likeness (QED) is 0.753. The predicted molar refractivity (Wildman–Crippen MR) is 79.1 cm³/mol. The molecule has 5 nitrogen and oxygen atoms in total. The summed E-state index contributed by atoms with van der Waals surface area (Å²) >= 11 is 0.